The smallest absolute Gasteiger partial charge is 0.336 e. The quantitative estimate of drug-likeness (QED) is 0.538. The molecule has 0 saturated heterocycles. The lowest BCUT2D eigenvalue weighted by Crippen LogP contribution is -2.16. The Morgan fingerprint density at radius 3 is 2.50 bits per heavy atom. The van der Waals surface area contributed by atoms with Crippen molar-refractivity contribution >= 4 is 5.97 Å². The van der Waals surface area contributed by atoms with E-state index in [-0.39, 0.29) is 13.0 Å². The molecule has 1 unspecified atom stereocenters. The first-order valence-corrected chi connectivity index (χ1v) is 2.83. The first-order chi connectivity index (χ1) is 4.68. The molecule has 0 aliphatic rings. The Bertz CT molecular complexity index is 130. The second-order valence-corrected chi connectivity index (χ2v) is 1.72. The third-order valence-electron chi connectivity index (χ3n) is 0.898. The van der Waals surface area contributed by atoms with E-state index in [0.717, 1.165) is 0 Å². The summed E-state index contributed by atoms with van der Waals surface area (Å²) in [4.78, 5) is 9.88. The summed E-state index contributed by atoms with van der Waals surface area (Å²) in [5.74, 6) is -1.36. The van der Waals surface area contributed by atoms with Crippen LogP contribution in [0.2, 0.25) is 0 Å². The average molecular weight is 145 g/mol. The minimum atomic E-state index is -1.61. The van der Waals surface area contributed by atoms with Gasteiger partial charge in [0, 0.05) is 6.42 Å². The number of hydrogen-bond donors (Lipinski definition) is 2. The summed E-state index contributed by atoms with van der Waals surface area (Å²) in [6.45, 7) is -0.160. The third-order valence-corrected chi connectivity index (χ3v) is 0.898. The van der Waals surface area contributed by atoms with Gasteiger partial charge in [-0.3, -0.25) is 0 Å². The van der Waals surface area contributed by atoms with Gasteiger partial charge in [0.2, 0.25) is 0 Å². The van der Waals surface area contributed by atoms with Gasteiger partial charge in [-0.1, -0.05) is 12.2 Å². The summed E-state index contributed by atoms with van der Waals surface area (Å²) in [6.07, 6.45) is 1.01. The van der Waals surface area contributed by atoms with Crippen LogP contribution in [0.15, 0.2) is 12.2 Å². The van der Waals surface area contributed by atoms with Crippen LogP contribution < -0.4 is 0 Å². The maximum atomic E-state index is 10.4. The van der Waals surface area contributed by atoms with Gasteiger partial charge in [-0.15, -0.1) is 0 Å². The van der Waals surface area contributed by atoms with Crippen molar-refractivity contribution in [3.63, 3.8) is 0 Å². The minimum Gasteiger partial charge on any atom is -0.479 e. The zero-order chi connectivity index (χ0) is 7.98. The monoisotopic (exact) mass is 145 g/mol. The molecule has 0 bridgehead atoms. The zero-order valence-corrected chi connectivity index (χ0v) is 5.36. The van der Waals surface area contributed by atoms with Crippen molar-refractivity contribution < 1.29 is 20.1 Å². The molecule has 57 valence electrons. The van der Waals surface area contributed by atoms with Crippen molar-refractivity contribution in [3.05, 3.63) is 12.2 Å². The van der Waals surface area contributed by atoms with E-state index >= 15 is 0 Å². The molecule has 0 amide bonds. The Kier molecular flexibility index (Phi) is 4.53. The predicted octanol–water partition coefficient (Wildman–Crippen LogP) is -0.191. The molecule has 0 aromatic heterocycles. The van der Waals surface area contributed by atoms with E-state index in [9.17, 15) is 9.90 Å². The fourth-order valence-corrected chi connectivity index (χ4v) is 0.395. The van der Waals surface area contributed by atoms with Crippen molar-refractivity contribution in [1.82, 2.24) is 0 Å². The van der Waals surface area contributed by atoms with Gasteiger partial charge < -0.3 is 10.2 Å². The lowest BCUT2D eigenvalue weighted by Gasteiger charge is -1.95. The van der Waals surface area contributed by atoms with E-state index in [1.807, 2.05) is 0 Å². The first kappa shape index (κ1) is 9.13. The van der Waals surface area contributed by atoms with E-state index < -0.39 is 12.1 Å². The number of carboxylic acid groups (broad SMARTS) is 1. The van der Waals surface area contributed by atoms with Gasteiger partial charge in [0.25, 0.3) is 0 Å². The van der Waals surface area contributed by atoms with Gasteiger partial charge in [0.05, 0.1) is 6.61 Å². The van der Waals surface area contributed by atoms with Gasteiger partial charge in [0.15, 0.2) is 6.10 Å². The number of aliphatic carboxylic acids is 1. The van der Waals surface area contributed by atoms with Crippen molar-refractivity contribution in [1.29, 1.82) is 0 Å². The normalized spacial score (nSPS) is 13.8. The number of aliphatic hydroxyl groups excluding tert-OH is 1. The molecule has 0 rings (SSSR count). The van der Waals surface area contributed by atoms with E-state index in [1.54, 1.807) is 0 Å². The van der Waals surface area contributed by atoms with Crippen LogP contribution in [0.1, 0.15) is 6.42 Å². The average Bonchev–Trinajstić information content (AvgIpc) is 1.88. The number of rotatable bonds is 4. The number of hydrogen-bond acceptors (Lipinski definition) is 2. The lowest BCUT2D eigenvalue weighted by atomic mass is 10.2. The highest BCUT2D eigenvalue weighted by atomic mass is 16.4. The molecule has 4 heteroatoms. The van der Waals surface area contributed by atoms with E-state index in [1.165, 1.54) is 12.2 Å². The van der Waals surface area contributed by atoms with Gasteiger partial charge in [-0.25, -0.2) is 9.90 Å². The molecule has 0 aliphatic carbocycles. The molecule has 4 nitrogen and oxygen atoms in total. The topological polar surface area (TPSA) is 77.4 Å². The van der Waals surface area contributed by atoms with Crippen LogP contribution in [-0.4, -0.2) is 28.9 Å². The molecule has 0 heterocycles. The van der Waals surface area contributed by atoms with E-state index in [2.05, 4.69) is 0 Å². The van der Waals surface area contributed by atoms with Gasteiger partial charge in [-0.05, 0) is 0 Å². The van der Waals surface area contributed by atoms with Crippen LogP contribution in [0.4, 0.5) is 0 Å². The highest BCUT2D eigenvalue weighted by Gasteiger charge is 2.11. The molecule has 0 spiro atoms. The maximum Gasteiger partial charge on any atom is 0.336 e. The van der Waals surface area contributed by atoms with Crippen LogP contribution in [0, 0.1) is 0 Å². The standard InChI is InChI=1S/C6H9O4/c7-4-2-1-3-5(8)6(9)10/h1-2,5,7H,3-4H2,(H,9,10). The van der Waals surface area contributed by atoms with E-state index in [0.29, 0.717) is 0 Å². The molecule has 0 aliphatic heterocycles. The molecule has 0 fully saturated rings. The highest BCUT2D eigenvalue weighted by molar-refractivity contribution is 5.71. The Morgan fingerprint density at radius 2 is 2.10 bits per heavy atom. The van der Waals surface area contributed by atoms with Crippen LogP contribution in [0.25, 0.3) is 0 Å². The Labute approximate surface area is 58.4 Å². The van der Waals surface area contributed by atoms with Crippen LogP contribution in [0.5, 0.6) is 0 Å². The fourth-order valence-electron chi connectivity index (χ4n) is 0.395. The molecule has 1 atom stereocenters. The van der Waals surface area contributed by atoms with Gasteiger partial charge in [-0.2, -0.15) is 0 Å². The number of aliphatic hydroxyl groups is 1. The number of carboxylic acids is 1. The highest BCUT2D eigenvalue weighted by Crippen LogP contribution is 1.93. The van der Waals surface area contributed by atoms with Crippen molar-refractivity contribution in [2.75, 3.05) is 6.61 Å². The predicted molar refractivity (Wildman–Crippen MR) is 33.0 cm³/mol. The van der Waals surface area contributed by atoms with Crippen molar-refractivity contribution in [2.24, 2.45) is 0 Å². The second-order valence-electron chi connectivity index (χ2n) is 1.72. The SMILES string of the molecule is [O]C(CC=CCO)C(=O)O. The molecule has 0 saturated carbocycles. The molecule has 1 radical (unpaired) electrons. The Morgan fingerprint density at radius 1 is 1.50 bits per heavy atom. The summed E-state index contributed by atoms with van der Waals surface area (Å²) < 4.78 is 0. The number of carbonyl (C=O) groups is 1. The van der Waals surface area contributed by atoms with Crippen LogP contribution in [0.3, 0.4) is 0 Å². The maximum absolute atomic E-state index is 10.4. The van der Waals surface area contributed by atoms with Gasteiger partial charge >= 0.3 is 5.97 Å². The summed E-state index contributed by atoms with van der Waals surface area (Å²) in [5, 5.41) is 26.6. The van der Waals surface area contributed by atoms with Crippen molar-refractivity contribution in [2.45, 2.75) is 12.5 Å². The van der Waals surface area contributed by atoms with Gasteiger partial charge in [0.1, 0.15) is 0 Å². The molecule has 2 N–H and O–H groups in total. The Balaban J connectivity index is 3.48. The second kappa shape index (κ2) is 4.96. The summed E-state index contributed by atoms with van der Waals surface area (Å²) >= 11 is 0. The largest absolute Gasteiger partial charge is 0.479 e. The van der Waals surface area contributed by atoms with Crippen LogP contribution >= 0.6 is 0 Å². The summed E-state index contributed by atoms with van der Waals surface area (Å²) in [5.41, 5.74) is 0. The summed E-state index contributed by atoms with van der Waals surface area (Å²) in [6, 6.07) is 0. The van der Waals surface area contributed by atoms with Crippen molar-refractivity contribution in [3.8, 4) is 0 Å². The third kappa shape index (κ3) is 4.05. The molecule has 10 heavy (non-hydrogen) atoms. The zero-order valence-electron chi connectivity index (χ0n) is 5.36. The molecular formula is C6H9O4. The minimum absolute atomic E-state index is 0.0735. The first-order valence-electron chi connectivity index (χ1n) is 2.83. The van der Waals surface area contributed by atoms with E-state index in [4.69, 9.17) is 10.2 Å². The van der Waals surface area contributed by atoms with Crippen LogP contribution in [-0.2, 0) is 9.90 Å². The summed E-state index contributed by atoms with van der Waals surface area (Å²) in [7, 11) is 0. The molecule has 0 aromatic rings. The fraction of sp³-hybridized carbons (Fsp3) is 0.500. The molecular weight excluding hydrogens is 136 g/mol. The molecule has 0 aromatic carbocycles. The Hall–Kier alpha value is -0.870. The lowest BCUT2D eigenvalue weighted by molar-refractivity contribution is -0.150.